The van der Waals surface area contributed by atoms with E-state index in [4.69, 9.17) is 4.74 Å². The van der Waals surface area contributed by atoms with Gasteiger partial charge < -0.3 is 9.64 Å². The Morgan fingerprint density at radius 1 is 1.03 bits per heavy atom. The molecule has 0 radical (unpaired) electrons. The Balaban J connectivity index is 1.50. The van der Waals surface area contributed by atoms with E-state index in [-0.39, 0.29) is 11.9 Å². The van der Waals surface area contributed by atoms with E-state index in [1.807, 2.05) is 64.3 Å². The lowest BCUT2D eigenvalue weighted by atomic mass is 9.92. The number of hydrogen-bond donors (Lipinski definition) is 0. The smallest absolute Gasteiger partial charge is 0.255 e. The second kappa shape index (κ2) is 8.32. The molecule has 0 N–H and O–H groups in total. The van der Waals surface area contributed by atoms with E-state index in [0.717, 1.165) is 28.5 Å². The Hall–Kier alpha value is -3.51. The van der Waals surface area contributed by atoms with Gasteiger partial charge in [-0.05, 0) is 34.4 Å². The van der Waals surface area contributed by atoms with Crippen LogP contribution < -0.4 is 0 Å². The van der Waals surface area contributed by atoms with Crippen LogP contribution in [0.2, 0.25) is 0 Å². The Kier molecular flexibility index (Phi) is 5.22. The summed E-state index contributed by atoms with van der Waals surface area (Å²) in [7, 11) is 1.64. The third-order valence-electron chi connectivity index (χ3n) is 5.91. The molecule has 6 nitrogen and oxygen atoms in total. The van der Waals surface area contributed by atoms with Gasteiger partial charge in [0.2, 0.25) is 0 Å². The molecule has 31 heavy (non-hydrogen) atoms. The maximum atomic E-state index is 13.8. The van der Waals surface area contributed by atoms with Crippen LogP contribution >= 0.6 is 0 Å². The molecule has 1 aromatic heterocycles. The van der Waals surface area contributed by atoms with Crippen molar-refractivity contribution in [3.05, 3.63) is 95.3 Å². The molecule has 6 heteroatoms. The summed E-state index contributed by atoms with van der Waals surface area (Å²) < 4.78 is 6.97. The van der Waals surface area contributed by atoms with Gasteiger partial charge in [-0.2, -0.15) is 0 Å². The van der Waals surface area contributed by atoms with Crippen LogP contribution in [0.1, 0.15) is 27.2 Å². The van der Waals surface area contributed by atoms with Crippen LogP contribution in [0.3, 0.4) is 0 Å². The number of carbonyl (C=O) groups is 1. The van der Waals surface area contributed by atoms with E-state index in [2.05, 4.69) is 28.5 Å². The number of benzene rings is 3. The van der Waals surface area contributed by atoms with Crippen LogP contribution in [-0.2, 0) is 30.9 Å². The minimum Gasteiger partial charge on any atom is -0.378 e. The van der Waals surface area contributed by atoms with Gasteiger partial charge in [0.1, 0.15) is 5.69 Å². The summed E-state index contributed by atoms with van der Waals surface area (Å²) in [6, 6.07) is 22.3. The van der Waals surface area contributed by atoms with E-state index >= 15 is 0 Å². The van der Waals surface area contributed by atoms with Gasteiger partial charge in [-0.3, -0.25) is 9.48 Å². The van der Waals surface area contributed by atoms with Gasteiger partial charge in [0.15, 0.2) is 0 Å². The standard InChI is InChI=1S/C25H24N4O2/c1-31-17-21-15-28(27-26-21)16-22-13-19-8-2-3-9-20(19)14-29(22)25(30)24-12-6-10-18-7-4-5-11-23(18)24/h2-12,15,22H,13-14,16-17H2,1H3. The van der Waals surface area contributed by atoms with Crippen molar-refractivity contribution in [2.75, 3.05) is 7.11 Å². The summed E-state index contributed by atoms with van der Waals surface area (Å²) in [6.45, 7) is 1.59. The lowest BCUT2D eigenvalue weighted by Gasteiger charge is -2.37. The van der Waals surface area contributed by atoms with Crippen molar-refractivity contribution < 1.29 is 9.53 Å². The van der Waals surface area contributed by atoms with Crippen LogP contribution in [0, 0.1) is 0 Å². The maximum absolute atomic E-state index is 13.8. The molecule has 1 aliphatic heterocycles. The monoisotopic (exact) mass is 412 g/mol. The summed E-state index contributed by atoms with van der Waals surface area (Å²) in [5.74, 6) is 0.0496. The second-order valence-electron chi connectivity index (χ2n) is 7.95. The van der Waals surface area contributed by atoms with Crippen molar-refractivity contribution in [2.24, 2.45) is 0 Å². The number of nitrogens with zero attached hydrogens (tertiary/aromatic N) is 4. The molecule has 1 aliphatic rings. The van der Waals surface area contributed by atoms with Crippen LogP contribution in [0.15, 0.2) is 72.9 Å². The van der Waals surface area contributed by atoms with Gasteiger partial charge in [-0.1, -0.05) is 65.9 Å². The van der Waals surface area contributed by atoms with Crippen molar-refractivity contribution in [2.45, 2.75) is 32.2 Å². The molecule has 0 aliphatic carbocycles. The molecular weight excluding hydrogens is 388 g/mol. The van der Waals surface area contributed by atoms with Crippen molar-refractivity contribution in [3.63, 3.8) is 0 Å². The number of amides is 1. The lowest BCUT2D eigenvalue weighted by molar-refractivity contribution is 0.0615. The van der Waals surface area contributed by atoms with Gasteiger partial charge >= 0.3 is 0 Å². The van der Waals surface area contributed by atoms with Crippen LogP contribution in [0.5, 0.6) is 0 Å². The third kappa shape index (κ3) is 3.82. The summed E-state index contributed by atoms with van der Waals surface area (Å²) >= 11 is 0. The molecule has 0 spiro atoms. The third-order valence-corrected chi connectivity index (χ3v) is 5.91. The number of methoxy groups -OCH3 is 1. The molecule has 5 rings (SSSR count). The van der Waals surface area contributed by atoms with Gasteiger partial charge in [-0.15, -0.1) is 5.10 Å². The molecule has 2 heterocycles. The van der Waals surface area contributed by atoms with Crippen molar-refractivity contribution in [1.29, 1.82) is 0 Å². The molecule has 0 saturated heterocycles. The van der Waals surface area contributed by atoms with Crippen molar-refractivity contribution >= 4 is 16.7 Å². The largest absolute Gasteiger partial charge is 0.378 e. The van der Waals surface area contributed by atoms with E-state index in [9.17, 15) is 4.79 Å². The SMILES string of the molecule is COCc1cn(CC2Cc3ccccc3CN2C(=O)c2cccc3ccccc23)nn1. The summed E-state index contributed by atoms with van der Waals surface area (Å²) in [4.78, 5) is 15.8. The highest BCUT2D eigenvalue weighted by Gasteiger charge is 2.31. The molecule has 0 bridgehead atoms. The number of carbonyl (C=O) groups excluding carboxylic acids is 1. The highest BCUT2D eigenvalue weighted by molar-refractivity contribution is 6.07. The predicted molar refractivity (Wildman–Crippen MR) is 118 cm³/mol. The Bertz CT molecular complexity index is 1230. The van der Waals surface area contributed by atoms with Crippen LogP contribution in [0.4, 0.5) is 0 Å². The molecule has 1 amide bonds. The molecule has 0 saturated carbocycles. The van der Waals surface area contributed by atoms with E-state index in [1.54, 1.807) is 7.11 Å². The lowest BCUT2D eigenvalue weighted by Crippen LogP contribution is -2.46. The quantitative estimate of drug-likeness (QED) is 0.500. The average Bonchev–Trinajstić information content (AvgIpc) is 3.25. The first-order valence-corrected chi connectivity index (χ1v) is 10.5. The fourth-order valence-electron chi connectivity index (χ4n) is 4.41. The van der Waals surface area contributed by atoms with Gasteiger partial charge in [-0.25, -0.2) is 0 Å². The fraction of sp³-hybridized carbons (Fsp3) is 0.240. The first kappa shape index (κ1) is 19.5. The van der Waals surface area contributed by atoms with Crippen molar-refractivity contribution in [3.8, 4) is 0 Å². The zero-order valence-electron chi connectivity index (χ0n) is 17.4. The minimum absolute atomic E-state index is 0.0153. The van der Waals surface area contributed by atoms with Crippen LogP contribution in [0.25, 0.3) is 10.8 Å². The molecule has 1 unspecified atom stereocenters. The van der Waals surface area contributed by atoms with E-state index in [1.165, 1.54) is 11.1 Å². The Labute approximate surface area is 181 Å². The summed E-state index contributed by atoms with van der Waals surface area (Å²) in [6.07, 6.45) is 2.68. The first-order chi connectivity index (χ1) is 15.2. The summed E-state index contributed by atoms with van der Waals surface area (Å²) in [5, 5.41) is 10.5. The number of hydrogen-bond acceptors (Lipinski definition) is 4. The molecule has 3 aromatic carbocycles. The number of fused-ring (bicyclic) bond motifs is 2. The topological polar surface area (TPSA) is 60.2 Å². The zero-order valence-corrected chi connectivity index (χ0v) is 17.4. The van der Waals surface area contributed by atoms with Crippen LogP contribution in [-0.4, -0.2) is 39.0 Å². The Morgan fingerprint density at radius 3 is 2.68 bits per heavy atom. The maximum Gasteiger partial charge on any atom is 0.255 e. The summed E-state index contributed by atoms with van der Waals surface area (Å²) in [5.41, 5.74) is 4.00. The number of aromatic nitrogens is 3. The highest BCUT2D eigenvalue weighted by Crippen LogP contribution is 2.28. The van der Waals surface area contributed by atoms with Gasteiger partial charge in [0, 0.05) is 19.2 Å². The van der Waals surface area contributed by atoms with Gasteiger partial charge in [0.25, 0.3) is 5.91 Å². The predicted octanol–water partition coefficient (Wildman–Crippen LogP) is 3.85. The van der Waals surface area contributed by atoms with Gasteiger partial charge in [0.05, 0.1) is 25.4 Å². The zero-order chi connectivity index (χ0) is 21.2. The second-order valence-corrected chi connectivity index (χ2v) is 7.95. The molecule has 0 fully saturated rings. The first-order valence-electron chi connectivity index (χ1n) is 10.5. The fourth-order valence-corrected chi connectivity index (χ4v) is 4.41. The van der Waals surface area contributed by atoms with Crippen molar-refractivity contribution in [1.82, 2.24) is 19.9 Å². The number of ether oxygens (including phenoxy) is 1. The Morgan fingerprint density at radius 2 is 1.81 bits per heavy atom. The normalized spacial score (nSPS) is 15.8. The van der Waals surface area contributed by atoms with E-state index in [0.29, 0.717) is 19.7 Å². The minimum atomic E-state index is -0.0153. The highest BCUT2D eigenvalue weighted by atomic mass is 16.5. The molecular formula is C25H24N4O2. The molecule has 156 valence electrons. The average molecular weight is 412 g/mol. The molecule has 1 atom stereocenters. The number of rotatable bonds is 5. The van der Waals surface area contributed by atoms with E-state index < -0.39 is 0 Å². The molecule has 4 aromatic rings.